The maximum absolute atomic E-state index is 12.3. The number of rotatable bonds is 1. The van der Waals surface area contributed by atoms with Crippen LogP contribution in [0, 0.1) is 5.41 Å². The van der Waals surface area contributed by atoms with Crippen LogP contribution in [-0.4, -0.2) is 12.3 Å². The van der Waals surface area contributed by atoms with Crippen LogP contribution in [0.1, 0.15) is 43.1 Å². The van der Waals surface area contributed by atoms with Gasteiger partial charge in [-0.05, 0) is 24.5 Å². The number of hydrogen-bond donors (Lipinski definition) is 1. The Kier molecular flexibility index (Phi) is 2.75. The van der Waals surface area contributed by atoms with Gasteiger partial charge in [0.1, 0.15) is 0 Å². The van der Waals surface area contributed by atoms with Gasteiger partial charge in [0.05, 0.1) is 0 Å². The summed E-state index contributed by atoms with van der Waals surface area (Å²) in [7, 11) is 0. The molecule has 1 aromatic carbocycles. The van der Waals surface area contributed by atoms with Gasteiger partial charge in [0.25, 0.3) is 0 Å². The van der Waals surface area contributed by atoms with Crippen molar-refractivity contribution in [1.82, 2.24) is 0 Å². The zero-order chi connectivity index (χ0) is 11.8. The number of carbonyl (C=O) groups excluding carboxylic acids is 1. The van der Waals surface area contributed by atoms with E-state index in [4.69, 9.17) is 0 Å². The number of fused-ring (bicyclic) bond motifs is 1. The number of carbonyl (C=O) groups is 1. The molecule has 0 aromatic heterocycles. The van der Waals surface area contributed by atoms with Crippen molar-refractivity contribution in [2.24, 2.45) is 5.41 Å². The zero-order valence-electron chi connectivity index (χ0n) is 10.3. The predicted molar refractivity (Wildman–Crippen MR) is 67.0 cm³/mol. The molecule has 1 aromatic rings. The van der Waals surface area contributed by atoms with Crippen molar-refractivity contribution < 1.29 is 4.79 Å². The predicted octanol–water partition coefficient (Wildman–Crippen LogP) is 3.27. The van der Waals surface area contributed by atoms with E-state index < -0.39 is 0 Å². The van der Waals surface area contributed by atoms with Crippen LogP contribution in [0.4, 0.5) is 5.69 Å². The number of ketones is 1. The third-order valence-corrected chi connectivity index (χ3v) is 3.02. The molecule has 0 atom stereocenters. The van der Waals surface area contributed by atoms with Gasteiger partial charge < -0.3 is 5.32 Å². The number of hydrogen-bond acceptors (Lipinski definition) is 2. The Morgan fingerprint density at radius 1 is 1.31 bits per heavy atom. The Morgan fingerprint density at radius 2 is 2.06 bits per heavy atom. The fourth-order valence-corrected chi connectivity index (χ4v) is 2.13. The quantitative estimate of drug-likeness (QED) is 0.731. The first kappa shape index (κ1) is 11.2. The van der Waals surface area contributed by atoms with Gasteiger partial charge in [0, 0.05) is 23.2 Å². The minimum atomic E-state index is -0.299. The molecule has 1 heterocycles. The SMILES string of the molecule is CC(C)(C)C(=O)c1cccc2c1CCCN2. The molecule has 1 aliphatic heterocycles. The average molecular weight is 217 g/mol. The van der Waals surface area contributed by atoms with Gasteiger partial charge in [-0.25, -0.2) is 0 Å². The summed E-state index contributed by atoms with van der Waals surface area (Å²) in [4.78, 5) is 12.3. The number of Topliss-reactive ketones (excluding diaryl/α,β-unsaturated/α-hetero) is 1. The first-order valence-electron chi connectivity index (χ1n) is 5.91. The van der Waals surface area contributed by atoms with Gasteiger partial charge >= 0.3 is 0 Å². The number of anilines is 1. The van der Waals surface area contributed by atoms with E-state index in [-0.39, 0.29) is 11.2 Å². The molecule has 1 aliphatic rings. The molecule has 0 unspecified atom stereocenters. The van der Waals surface area contributed by atoms with Crippen molar-refractivity contribution >= 4 is 11.5 Å². The molecule has 0 radical (unpaired) electrons. The second kappa shape index (κ2) is 3.93. The smallest absolute Gasteiger partial charge is 0.168 e. The lowest BCUT2D eigenvalue weighted by Crippen LogP contribution is -2.23. The van der Waals surface area contributed by atoms with E-state index in [1.165, 1.54) is 5.56 Å². The Morgan fingerprint density at radius 3 is 2.75 bits per heavy atom. The van der Waals surface area contributed by atoms with Crippen molar-refractivity contribution in [3.8, 4) is 0 Å². The highest BCUT2D eigenvalue weighted by Crippen LogP contribution is 2.30. The molecule has 2 nitrogen and oxygen atoms in total. The Hall–Kier alpha value is -1.31. The lowest BCUT2D eigenvalue weighted by molar-refractivity contribution is 0.0857. The summed E-state index contributed by atoms with van der Waals surface area (Å²) >= 11 is 0. The van der Waals surface area contributed by atoms with Crippen LogP contribution in [0.5, 0.6) is 0 Å². The second-order valence-electron chi connectivity index (χ2n) is 5.44. The summed E-state index contributed by atoms with van der Waals surface area (Å²) in [6.07, 6.45) is 2.13. The summed E-state index contributed by atoms with van der Waals surface area (Å²) < 4.78 is 0. The molecule has 0 spiro atoms. The van der Waals surface area contributed by atoms with Crippen molar-refractivity contribution in [3.63, 3.8) is 0 Å². The first-order chi connectivity index (χ1) is 7.50. The first-order valence-corrected chi connectivity index (χ1v) is 5.91. The maximum atomic E-state index is 12.3. The molecule has 0 fully saturated rings. The number of nitrogens with one attached hydrogen (secondary N) is 1. The van der Waals surface area contributed by atoms with Crippen molar-refractivity contribution in [2.75, 3.05) is 11.9 Å². The molecular weight excluding hydrogens is 198 g/mol. The van der Waals surface area contributed by atoms with Crippen LogP contribution >= 0.6 is 0 Å². The van der Waals surface area contributed by atoms with Gasteiger partial charge in [-0.3, -0.25) is 4.79 Å². The van der Waals surface area contributed by atoms with Crippen LogP contribution in [0.25, 0.3) is 0 Å². The Bertz CT molecular complexity index is 415. The third kappa shape index (κ3) is 1.97. The molecular formula is C14H19NO. The van der Waals surface area contributed by atoms with E-state index in [2.05, 4.69) is 11.4 Å². The van der Waals surface area contributed by atoms with E-state index in [0.717, 1.165) is 30.6 Å². The van der Waals surface area contributed by atoms with E-state index in [0.29, 0.717) is 0 Å². The highest BCUT2D eigenvalue weighted by molar-refractivity contribution is 6.02. The van der Waals surface area contributed by atoms with E-state index in [1.807, 2.05) is 32.9 Å². The van der Waals surface area contributed by atoms with Gasteiger partial charge in [-0.2, -0.15) is 0 Å². The van der Waals surface area contributed by atoms with Crippen LogP contribution in [0.15, 0.2) is 18.2 Å². The topological polar surface area (TPSA) is 29.1 Å². The summed E-state index contributed by atoms with van der Waals surface area (Å²) in [5.41, 5.74) is 2.94. The van der Waals surface area contributed by atoms with Crippen LogP contribution in [0.3, 0.4) is 0 Å². The largest absolute Gasteiger partial charge is 0.385 e. The van der Waals surface area contributed by atoms with E-state index >= 15 is 0 Å². The minimum absolute atomic E-state index is 0.244. The lowest BCUT2D eigenvalue weighted by Gasteiger charge is -2.24. The van der Waals surface area contributed by atoms with Gasteiger partial charge in [-0.15, -0.1) is 0 Å². The molecule has 1 N–H and O–H groups in total. The van der Waals surface area contributed by atoms with E-state index in [9.17, 15) is 4.79 Å². The Balaban J connectivity index is 2.46. The fourth-order valence-electron chi connectivity index (χ4n) is 2.13. The van der Waals surface area contributed by atoms with Gasteiger partial charge in [0.2, 0.25) is 0 Å². The van der Waals surface area contributed by atoms with E-state index in [1.54, 1.807) is 0 Å². The molecule has 0 saturated heterocycles. The monoisotopic (exact) mass is 217 g/mol. The molecule has 86 valence electrons. The standard InChI is InChI=1S/C14H19NO/c1-14(2,3)13(16)11-6-4-8-12-10(11)7-5-9-15-12/h4,6,8,15H,5,7,9H2,1-3H3. The van der Waals surface area contributed by atoms with Crippen LogP contribution < -0.4 is 5.32 Å². The van der Waals surface area contributed by atoms with Crippen molar-refractivity contribution in [2.45, 2.75) is 33.6 Å². The normalized spacial score (nSPS) is 15.2. The van der Waals surface area contributed by atoms with Crippen LogP contribution in [-0.2, 0) is 6.42 Å². The van der Waals surface area contributed by atoms with Gasteiger partial charge in [-0.1, -0.05) is 32.9 Å². The maximum Gasteiger partial charge on any atom is 0.168 e. The number of benzene rings is 1. The van der Waals surface area contributed by atoms with Crippen molar-refractivity contribution in [1.29, 1.82) is 0 Å². The molecule has 0 saturated carbocycles. The molecule has 0 bridgehead atoms. The molecule has 2 rings (SSSR count). The molecule has 16 heavy (non-hydrogen) atoms. The Labute approximate surface area is 97.1 Å². The summed E-state index contributed by atoms with van der Waals surface area (Å²) in [5.74, 6) is 0.244. The lowest BCUT2D eigenvalue weighted by atomic mass is 9.83. The fraction of sp³-hybridized carbons (Fsp3) is 0.500. The zero-order valence-corrected chi connectivity index (χ0v) is 10.3. The third-order valence-electron chi connectivity index (χ3n) is 3.02. The summed E-state index contributed by atoms with van der Waals surface area (Å²) in [6, 6.07) is 5.99. The highest BCUT2D eigenvalue weighted by Gasteiger charge is 2.26. The molecule has 0 amide bonds. The summed E-state index contributed by atoms with van der Waals surface area (Å²) in [6.45, 7) is 6.95. The van der Waals surface area contributed by atoms with Crippen LogP contribution in [0.2, 0.25) is 0 Å². The van der Waals surface area contributed by atoms with Crippen molar-refractivity contribution in [3.05, 3.63) is 29.3 Å². The average Bonchev–Trinajstić information content (AvgIpc) is 2.26. The second-order valence-corrected chi connectivity index (χ2v) is 5.44. The highest BCUT2D eigenvalue weighted by atomic mass is 16.1. The minimum Gasteiger partial charge on any atom is -0.385 e. The molecule has 2 heteroatoms. The summed E-state index contributed by atoms with van der Waals surface area (Å²) in [5, 5.41) is 3.36. The van der Waals surface area contributed by atoms with Gasteiger partial charge in [0.15, 0.2) is 5.78 Å². The molecule has 0 aliphatic carbocycles.